The van der Waals surface area contributed by atoms with Crippen LogP contribution in [0.3, 0.4) is 0 Å². The minimum atomic E-state index is 0.499. The number of rotatable bonds is 2. The summed E-state index contributed by atoms with van der Waals surface area (Å²) in [6.07, 6.45) is 1.67. The predicted octanol–water partition coefficient (Wildman–Crippen LogP) is 3.34. The molecule has 0 unspecified atom stereocenters. The van der Waals surface area contributed by atoms with E-state index in [1.54, 1.807) is 6.26 Å². The number of furan rings is 1. The van der Waals surface area contributed by atoms with Crippen molar-refractivity contribution >= 4 is 22.6 Å². The molecule has 0 saturated carbocycles. The molecule has 92 valence electrons. The van der Waals surface area contributed by atoms with Crippen LogP contribution in [0, 0.1) is 13.8 Å². The van der Waals surface area contributed by atoms with Crippen molar-refractivity contribution < 1.29 is 4.42 Å². The number of hydrogen-bond acceptors (Lipinski definition) is 3. The normalized spacial score (nSPS) is 11.3. The molecule has 0 aromatic carbocycles. The molecule has 0 aliphatic rings. The third-order valence-electron chi connectivity index (χ3n) is 2.92. The number of aryl methyl sites for hydroxylation is 2. The molecule has 0 bridgehead atoms. The van der Waals surface area contributed by atoms with Crippen LogP contribution in [0.2, 0.25) is 5.15 Å². The Hall–Kier alpha value is -1.81. The quantitative estimate of drug-likeness (QED) is 0.665. The zero-order valence-corrected chi connectivity index (χ0v) is 10.9. The van der Waals surface area contributed by atoms with Gasteiger partial charge in [0.1, 0.15) is 22.4 Å². The molecule has 5 heteroatoms. The number of hydrogen-bond donors (Lipinski definition) is 0. The van der Waals surface area contributed by atoms with Gasteiger partial charge in [-0.3, -0.25) is 0 Å². The molecule has 3 rings (SSSR count). The average molecular weight is 262 g/mol. The molecule has 0 N–H and O–H groups in total. The highest BCUT2D eigenvalue weighted by atomic mass is 35.5. The van der Waals surface area contributed by atoms with Gasteiger partial charge in [-0.1, -0.05) is 11.6 Å². The topological polar surface area (TPSA) is 43.9 Å². The lowest BCUT2D eigenvalue weighted by atomic mass is 10.4. The van der Waals surface area contributed by atoms with Crippen molar-refractivity contribution in [3.63, 3.8) is 0 Å². The summed E-state index contributed by atoms with van der Waals surface area (Å²) in [7, 11) is 0. The van der Waals surface area contributed by atoms with Crippen molar-refractivity contribution in [2.75, 3.05) is 0 Å². The van der Waals surface area contributed by atoms with Gasteiger partial charge in [0.05, 0.1) is 18.2 Å². The fraction of sp³-hybridized carbons (Fsp3) is 0.231. The first kappa shape index (κ1) is 11.3. The van der Waals surface area contributed by atoms with E-state index in [0.29, 0.717) is 17.5 Å². The summed E-state index contributed by atoms with van der Waals surface area (Å²) >= 11 is 6.14. The van der Waals surface area contributed by atoms with Crippen LogP contribution in [0.4, 0.5) is 0 Å². The number of nitrogens with zero attached hydrogens (tertiary/aromatic N) is 3. The minimum Gasteiger partial charge on any atom is -0.467 e. The van der Waals surface area contributed by atoms with Crippen molar-refractivity contribution in [2.24, 2.45) is 0 Å². The van der Waals surface area contributed by atoms with Gasteiger partial charge in [0.25, 0.3) is 0 Å². The Morgan fingerprint density at radius 3 is 2.89 bits per heavy atom. The van der Waals surface area contributed by atoms with Crippen molar-refractivity contribution in [3.8, 4) is 0 Å². The van der Waals surface area contributed by atoms with Gasteiger partial charge in [-0.05, 0) is 32.0 Å². The molecule has 0 fully saturated rings. The summed E-state index contributed by atoms with van der Waals surface area (Å²) in [5, 5.41) is 1.38. The molecule has 0 aliphatic carbocycles. The predicted molar refractivity (Wildman–Crippen MR) is 69.8 cm³/mol. The van der Waals surface area contributed by atoms with Crippen molar-refractivity contribution in [3.05, 3.63) is 46.9 Å². The van der Waals surface area contributed by atoms with E-state index in [1.807, 2.05) is 32.0 Å². The van der Waals surface area contributed by atoms with Gasteiger partial charge in [-0.25, -0.2) is 9.97 Å². The first-order chi connectivity index (χ1) is 8.65. The monoisotopic (exact) mass is 261 g/mol. The van der Waals surface area contributed by atoms with Crippen LogP contribution >= 0.6 is 11.6 Å². The van der Waals surface area contributed by atoms with Crippen molar-refractivity contribution in [1.29, 1.82) is 0 Å². The minimum absolute atomic E-state index is 0.499. The van der Waals surface area contributed by atoms with Crippen molar-refractivity contribution in [1.82, 2.24) is 14.5 Å². The summed E-state index contributed by atoms with van der Waals surface area (Å²) in [5.74, 6) is 1.56. The van der Waals surface area contributed by atoms with E-state index in [9.17, 15) is 0 Å². The van der Waals surface area contributed by atoms with E-state index < -0.39 is 0 Å². The lowest BCUT2D eigenvalue weighted by molar-refractivity contribution is 0.494. The molecule has 0 aliphatic heterocycles. The molecular weight excluding hydrogens is 250 g/mol. The van der Waals surface area contributed by atoms with E-state index in [4.69, 9.17) is 16.0 Å². The standard InChI is InChI=1S/C13H12ClN3O/c1-8-6-11-12(14)15-9(2)16-13(11)17(8)7-10-4-3-5-18-10/h3-6H,7H2,1-2H3. The fourth-order valence-corrected chi connectivity index (χ4v) is 2.34. The second kappa shape index (κ2) is 4.14. The molecule has 3 aromatic rings. The third-order valence-corrected chi connectivity index (χ3v) is 3.21. The first-order valence-electron chi connectivity index (χ1n) is 5.67. The van der Waals surface area contributed by atoms with Gasteiger partial charge < -0.3 is 8.98 Å². The van der Waals surface area contributed by atoms with E-state index in [-0.39, 0.29) is 0 Å². The van der Waals surface area contributed by atoms with Gasteiger partial charge in [0.15, 0.2) is 0 Å². The first-order valence-corrected chi connectivity index (χ1v) is 6.05. The van der Waals surface area contributed by atoms with E-state index in [1.165, 1.54) is 0 Å². The molecular formula is C13H12ClN3O. The van der Waals surface area contributed by atoms with Gasteiger partial charge >= 0.3 is 0 Å². The molecule has 3 aromatic heterocycles. The average Bonchev–Trinajstić information content (AvgIpc) is 2.91. The lowest BCUT2D eigenvalue weighted by Gasteiger charge is -2.05. The Morgan fingerprint density at radius 1 is 1.33 bits per heavy atom. The zero-order valence-electron chi connectivity index (χ0n) is 10.1. The van der Waals surface area contributed by atoms with Crippen LogP contribution in [-0.4, -0.2) is 14.5 Å². The Balaban J connectivity index is 2.19. The number of fused-ring (bicyclic) bond motifs is 1. The summed E-state index contributed by atoms with van der Waals surface area (Å²) in [4.78, 5) is 8.63. The second-order valence-corrected chi connectivity index (χ2v) is 4.61. The molecule has 0 radical (unpaired) electrons. The van der Waals surface area contributed by atoms with Crippen LogP contribution in [0.25, 0.3) is 11.0 Å². The SMILES string of the molecule is Cc1nc(Cl)c2cc(C)n(Cc3ccco3)c2n1. The van der Waals surface area contributed by atoms with Crippen LogP contribution in [0.5, 0.6) is 0 Å². The Labute approximate surface area is 109 Å². The molecule has 0 amide bonds. The highest BCUT2D eigenvalue weighted by Gasteiger charge is 2.12. The van der Waals surface area contributed by atoms with Gasteiger partial charge in [-0.2, -0.15) is 0 Å². The molecule has 0 atom stereocenters. The van der Waals surface area contributed by atoms with Gasteiger partial charge in [0.2, 0.25) is 0 Å². The summed E-state index contributed by atoms with van der Waals surface area (Å²) in [6, 6.07) is 5.82. The molecule has 0 spiro atoms. The maximum atomic E-state index is 6.14. The molecule has 4 nitrogen and oxygen atoms in total. The second-order valence-electron chi connectivity index (χ2n) is 4.25. The summed E-state index contributed by atoms with van der Waals surface area (Å²) in [6.45, 7) is 4.51. The molecule has 0 saturated heterocycles. The number of aromatic nitrogens is 3. The van der Waals surface area contributed by atoms with Gasteiger partial charge in [-0.15, -0.1) is 0 Å². The molecule has 3 heterocycles. The summed E-state index contributed by atoms with van der Waals surface area (Å²) < 4.78 is 7.45. The van der Waals surface area contributed by atoms with Crippen LogP contribution in [0.1, 0.15) is 17.3 Å². The van der Waals surface area contributed by atoms with Crippen LogP contribution < -0.4 is 0 Å². The Morgan fingerprint density at radius 2 is 2.17 bits per heavy atom. The highest BCUT2D eigenvalue weighted by Crippen LogP contribution is 2.25. The van der Waals surface area contributed by atoms with Gasteiger partial charge in [0, 0.05) is 5.69 Å². The van der Waals surface area contributed by atoms with Crippen LogP contribution in [0.15, 0.2) is 28.9 Å². The largest absolute Gasteiger partial charge is 0.467 e. The zero-order chi connectivity index (χ0) is 12.7. The number of halogens is 1. The smallest absolute Gasteiger partial charge is 0.145 e. The maximum absolute atomic E-state index is 6.14. The highest BCUT2D eigenvalue weighted by molar-refractivity contribution is 6.34. The lowest BCUT2D eigenvalue weighted by Crippen LogP contribution is -2.02. The van der Waals surface area contributed by atoms with E-state index in [0.717, 1.165) is 22.5 Å². The van der Waals surface area contributed by atoms with Crippen molar-refractivity contribution in [2.45, 2.75) is 20.4 Å². The Kier molecular flexibility index (Phi) is 2.59. The van der Waals surface area contributed by atoms with E-state index in [2.05, 4.69) is 14.5 Å². The Bertz CT molecular complexity index is 701. The summed E-state index contributed by atoms with van der Waals surface area (Å²) in [5.41, 5.74) is 1.93. The fourth-order valence-electron chi connectivity index (χ4n) is 2.07. The van der Waals surface area contributed by atoms with Crippen LogP contribution in [-0.2, 0) is 6.54 Å². The molecule has 18 heavy (non-hydrogen) atoms. The van der Waals surface area contributed by atoms with E-state index >= 15 is 0 Å². The third kappa shape index (κ3) is 1.78. The maximum Gasteiger partial charge on any atom is 0.145 e.